The molecule has 1 aromatic carbocycles. The Morgan fingerprint density at radius 1 is 1.27 bits per heavy atom. The lowest BCUT2D eigenvalue weighted by Crippen LogP contribution is -1.93. The summed E-state index contributed by atoms with van der Waals surface area (Å²) in [5.74, 6) is 0. The quantitative estimate of drug-likeness (QED) is 0.549. The Kier molecular flexibility index (Phi) is 5.54. The average Bonchev–Trinajstić information content (AvgIpc) is 2.02. The lowest BCUT2D eigenvalue weighted by Gasteiger charge is -1.96. The number of aryl methyl sites for hydroxylation is 1. The predicted molar refractivity (Wildman–Crippen MR) is 56.9 cm³/mol. The van der Waals surface area contributed by atoms with E-state index in [-0.39, 0.29) is 0 Å². The van der Waals surface area contributed by atoms with Crippen LogP contribution in [0.5, 0.6) is 0 Å². The van der Waals surface area contributed by atoms with Crippen LogP contribution >= 0.6 is 20.8 Å². The van der Waals surface area contributed by atoms with E-state index in [0.717, 1.165) is 5.02 Å². The Morgan fingerprint density at radius 2 is 1.82 bits per heavy atom. The third kappa shape index (κ3) is 3.74. The number of halogens is 1. The van der Waals surface area contributed by atoms with Crippen LogP contribution in [0.25, 0.3) is 0 Å². The first-order chi connectivity index (χ1) is 5.20. The van der Waals surface area contributed by atoms with E-state index in [1.54, 1.807) is 0 Å². The van der Waals surface area contributed by atoms with Crippen LogP contribution in [0.3, 0.4) is 0 Å². The van der Waals surface area contributed by atoms with Crippen molar-refractivity contribution >= 4 is 26.1 Å². The first-order valence-electron chi connectivity index (χ1n) is 3.72. The summed E-state index contributed by atoms with van der Waals surface area (Å²) in [4.78, 5) is 0. The highest BCUT2D eigenvalue weighted by Crippen LogP contribution is 2.08. The normalized spacial score (nSPS) is 8.45. The standard InChI is InChI=1S/C7H8ClP.C2H6/c1-5-2-3-6(8)4-7(5)9;1-2/h2-4H,9H2,1H3;1-2H3. The summed E-state index contributed by atoms with van der Waals surface area (Å²) in [5, 5.41) is 1.97. The molecule has 0 aliphatic carbocycles. The van der Waals surface area contributed by atoms with Crippen molar-refractivity contribution in [3.05, 3.63) is 28.8 Å². The molecule has 0 aliphatic rings. The van der Waals surface area contributed by atoms with Gasteiger partial charge in [-0.15, -0.1) is 9.24 Å². The van der Waals surface area contributed by atoms with Gasteiger partial charge in [0.05, 0.1) is 0 Å². The van der Waals surface area contributed by atoms with E-state index >= 15 is 0 Å². The lowest BCUT2D eigenvalue weighted by molar-refractivity contribution is 1.50. The van der Waals surface area contributed by atoms with Gasteiger partial charge < -0.3 is 0 Å². The Labute approximate surface area is 76.2 Å². The first-order valence-corrected chi connectivity index (χ1v) is 4.67. The third-order valence-corrected chi connectivity index (χ3v) is 2.10. The van der Waals surface area contributed by atoms with E-state index in [2.05, 4.69) is 16.2 Å². The summed E-state index contributed by atoms with van der Waals surface area (Å²) in [6, 6.07) is 5.83. The maximum Gasteiger partial charge on any atom is 0.0412 e. The fraction of sp³-hybridized carbons (Fsp3) is 0.333. The van der Waals surface area contributed by atoms with E-state index in [9.17, 15) is 0 Å². The molecule has 0 aliphatic heterocycles. The molecular weight excluding hydrogens is 175 g/mol. The summed E-state index contributed by atoms with van der Waals surface area (Å²) in [6.45, 7) is 6.05. The number of hydrogen-bond donors (Lipinski definition) is 0. The van der Waals surface area contributed by atoms with Crippen LogP contribution in [0.15, 0.2) is 18.2 Å². The van der Waals surface area contributed by atoms with Crippen molar-refractivity contribution < 1.29 is 0 Å². The molecule has 1 rings (SSSR count). The first kappa shape index (κ1) is 10.9. The van der Waals surface area contributed by atoms with Crippen molar-refractivity contribution in [2.24, 2.45) is 0 Å². The van der Waals surface area contributed by atoms with E-state index < -0.39 is 0 Å². The van der Waals surface area contributed by atoms with Gasteiger partial charge in [-0.05, 0) is 29.9 Å². The van der Waals surface area contributed by atoms with Crippen molar-refractivity contribution in [3.8, 4) is 0 Å². The third-order valence-electron chi connectivity index (χ3n) is 1.24. The maximum atomic E-state index is 5.70. The Hall–Kier alpha value is -0.0600. The van der Waals surface area contributed by atoms with E-state index in [0.29, 0.717) is 0 Å². The van der Waals surface area contributed by atoms with Gasteiger partial charge in [-0.2, -0.15) is 0 Å². The van der Waals surface area contributed by atoms with Gasteiger partial charge in [0, 0.05) is 5.02 Å². The van der Waals surface area contributed by atoms with E-state index in [1.807, 2.05) is 32.0 Å². The zero-order valence-electron chi connectivity index (χ0n) is 7.19. The molecule has 0 saturated heterocycles. The average molecular weight is 189 g/mol. The number of hydrogen-bond acceptors (Lipinski definition) is 0. The second-order valence-electron chi connectivity index (χ2n) is 2.00. The smallest absolute Gasteiger partial charge is 0.0412 e. The summed E-state index contributed by atoms with van der Waals surface area (Å²) in [6.07, 6.45) is 0. The van der Waals surface area contributed by atoms with E-state index in [1.165, 1.54) is 10.9 Å². The van der Waals surface area contributed by atoms with Crippen molar-refractivity contribution in [1.82, 2.24) is 0 Å². The SMILES string of the molecule is CC.Cc1ccc(Cl)cc1P. The van der Waals surface area contributed by atoms with Crippen molar-refractivity contribution in [2.45, 2.75) is 20.8 Å². The van der Waals surface area contributed by atoms with E-state index in [4.69, 9.17) is 11.6 Å². The second kappa shape index (κ2) is 5.57. The van der Waals surface area contributed by atoms with Crippen LogP contribution < -0.4 is 5.30 Å². The molecule has 0 spiro atoms. The fourth-order valence-electron chi connectivity index (χ4n) is 0.611. The van der Waals surface area contributed by atoms with Gasteiger partial charge in [-0.3, -0.25) is 0 Å². The second-order valence-corrected chi connectivity index (χ2v) is 3.06. The molecule has 0 heterocycles. The fourth-order valence-corrected chi connectivity index (χ4v) is 1.17. The van der Waals surface area contributed by atoms with Gasteiger partial charge in [0.2, 0.25) is 0 Å². The van der Waals surface area contributed by atoms with Crippen molar-refractivity contribution in [3.63, 3.8) is 0 Å². The topological polar surface area (TPSA) is 0 Å². The molecule has 0 amide bonds. The van der Waals surface area contributed by atoms with Gasteiger partial charge in [0.1, 0.15) is 0 Å². The van der Waals surface area contributed by atoms with Crippen LogP contribution in [0.1, 0.15) is 19.4 Å². The van der Waals surface area contributed by atoms with Crippen LogP contribution in [0.2, 0.25) is 5.02 Å². The highest BCUT2D eigenvalue weighted by Gasteiger charge is 1.90. The van der Waals surface area contributed by atoms with Crippen molar-refractivity contribution in [2.75, 3.05) is 0 Å². The zero-order valence-corrected chi connectivity index (χ0v) is 9.10. The Morgan fingerprint density at radius 3 is 2.18 bits per heavy atom. The minimum atomic E-state index is 0.797. The predicted octanol–water partition coefficient (Wildman–Crippen LogP) is 3.18. The minimum absolute atomic E-state index is 0.797. The van der Waals surface area contributed by atoms with Crippen LogP contribution in [0.4, 0.5) is 0 Å². The highest BCUT2D eigenvalue weighted by molar-refractivity contribution is 7.27. The molecule has 11 heavy (non-hydrogen) atoms. The molecule has 1 aromatic rings. The van der Waals surface area contributed by atoms with Gasteiger partial charge in [0.25, 0.3) is 0 Å². The summed E-state index contributed by atoms with van der Waals surface area (Å²) in [5.41, 5.74) is 1.25. The molecule has 0 nitrogen and oxygen atoms in total. The van der Waals surface area contributed by atoms with Crippen molar-refractivity contribution in [1.29, 1.82) is 0 Å². The highest BCUT2D eigenvalue weighted by atomic mass is 35.5. The van der Waals surface area contributed by atoms with Gasteiger partial charge in [0.15, 0.2) is 0 Å². The van der Waals surface area contributed by atoms with Gasteiger partial charge >= 0.3 is 0 Å². The molecule has 2 heteroatoms. The molecule has 0 bridgehead atoms. The van der Waals surface area contributed by atoms with Gasteiger partial charge in [-0.1, -0.05) is 31.5 Å². The maximum absolute atomic E-state index is 5.70. The monoisotopic (exact) mass is 188 g/mol. The molecule has 0 saturated carbocycles. The zero-order chi connectivity index (χ0) is 8.85. The lowest BCUT2D eigenvalue weighted by atomic mass is 10.2. The minimum Gasteiger partial charge on any atom is -0.105 e. The molecule has 0 fully saturated rings. The van der Waals surface area contributed by atoms with Crippen LogP contribution in [0, 0.1) is 6.92 Å². The summed E-state index contributed by atoms with van der Waals surface area (Å²) < 4.78 is 0. The molecule has 0 N–H and O–H groups in total. The molecule has 0 aromatic heterocycles. The molecule has 0 radical (unpaired) electrons. The molecule has 1 atom stereocenters. The Bertz CT molecular complexity index is 221. The molecule has 1 unspecified atom stereocenters. The molecular formula is C9H14ClP. The summed E-state index contributed by atoms with van der Waals surface area (Å²) in [7, 11) is 2.64. The van der Waals surface area contributed by atoms with Gasteiger partial charge in [-0.25, -0.2) is 0 Å². The van der Waals surface area contributed by atoms with Crippen LogP contribution in [-0.4, -0.2) is 0 Å². The van der Waals surface area contributed by atoms with Crippen LogP contribution in [-0.2, 0) is 0 Å². The largest absolute Gasteiger partial charge is 0.105 e. The molecule has 62 valence electrons. The Balaban J connectivity index is 0.000000461. The number of rotatable bonds is 0. The summed E-state index contributed by atoms with van der Waals surface area (Å²) >= 11 is 5.70. The number of benzene rings is 1.